The Balaban J connectivity index is 1.33. The molecule has 0 atom stereocenters. The zero-order valence-corrected chi connectivity index (χ0v) is 20.0. The molecule has 7 heteroatoms. The minimum absolute atomic E-state index is 0.103. The highest BCUT2D eigenvalue weighted by Crippen LogP contribution is 2.30. The van der Waals surface area contributed by atoms with Crippen LogP contribution in [0, 0.1) is 13.8 Å². The van der Waals surface area contributed by atoms with Crippen molar-refractivity contribution in [1.29, 1.82) is 0 Å². The van der Waals surface area contributed by atoms with Crippen molar-refractivity contribution in [2.75, 3.05) is 17.2 Å². The Bertz CT molecular complexity index is 1550. The molecule has 3 heterocycles. The fourth-order valence-electron chi connectivity index (χ4n) is 4.83. The number of hydrogen-bond acceptors (Lipinski definition) is 4. The zero-order valence-electron chi connectivity index (χ0n) is 19.2. The summed E-state index contributed by atoms with van der Waals surface area (Å²) in [6.07, 6.45) is 0.910. The van der Waals surface area contributed by atoms with Crippen LogP contribution >= 0.6 is 11.8 Å². The minimum atomic E-state index is 0.103. The average Bonchev–Trinajstić information content (AvgIpc) is 3.54. The zero-order chi connectivity index (χ0) is 23.2. The van der Waals surface area contributed by atoms with Gasteiger partial charge in [-0.25, -0.2) is 0 Å². The summed E-state index contributed by atoms with van der Waals surface area (Å²) in [5.41, 5.74) is 8.19. The van der Waals surface area contributed by atoms with Gasteiger partial charge in [0.1, 0.15) is 0 Å². The summed E-state index contributed by atoms with van der Waals surface area (Å²) in [5, 5.41) is 9.76. The van der Waals surface area contributed by atoms with E-state index in [1.165, 1.54) is 34.0 Å². The van der Waals surface area contributed by atoms with Crippen molar-refractivity contribution in [1.82, 2.24) is 19.2 Å². The predicted octanol–water partition coefficient (Wildman–Crippen LogP) is 5.03. The van der Waals surface area contributed by atoms with E-state index in [4.69, 9.17) is 0 Å². The fourth-order valence-corrected chi connectivity index (χ4v) is 5.65. The third kappa shape index (κ3) is 3.47. The average molecular weight is 468 g/mol. The molecule has 3 aromatic carbocycles. The van der Waals surface area contributed by atoms with Gasteiger partial charge in [-0.1, -0.05) is 65.9 Å². The van der Waals surface area contributed by atoms with E-state index in [9.17, 15) is 4.79 Å². The summed E-state index contributed by atoms with van der Waals surface area (Å²) in [5.74, 6) is 1.22. The molecule has 34 heavy (non-hydrogen) atoms. The molecular weight excluding hydrogens is 442 g/mol. The molecule has 1 aliphatic heterocycles. The molecule has 5 aromatic rings. The number of hydrogen-bond donors (Lipinski definition) is 0. The van der Waals surface area contributed by atoms with Crippen LogP contribution in [-0.4, -0.2) is 37.4 Å². The Hall–Kier alpha value is -3.58. The Kier molecular flexibility index (Phi) is 5.14. The topological polar surface area (TPSA) is 55.4 Å². The van der Waals surface area contributed by atoms with E-state index >= 15 is 0 Å². The van der Waals surface area contributed by atoms with Crippen molar-refractivity contribution in [3.05, 3.63) is 89.0 Å². The van der Waals surface area contributed by atoms with Crippen LogP contribution in [0.5, 0.6) is 0 Å². The lowest BCUT2D eigenvalue weighted by atomic mass is 10.1. The van der Waals surface area contributed by atoms with Crippen LogP contribution in [0.3, 0.4) is 0 Å². The van der Waals surface area contributed by atoms with Gasteiger partial charge in [0.25, 0.3) is 0 Å². The van der Waals surface area contributed by atoms with Gasteiger partial charge in [-0.2, -0.15) is 0 Å². The van der Waals surface area contributed by atoms with Crippen LogP contribution in [0.4, 0.5) is 5.69 Å². The van der Waals surface area contributed by atoms with Gasteiger partial charge in [0, 0.05) is 12.2 Å². The molecule has 0 N–H and O–H groups in total. The largest absolute Gasteiger partial charge is 0.311 e. The van der Waals surface area contributed by atoms with Crippen molar-refractivity contribution in [2.45, 2.75) is 32.0 Å². The second kappa shape index (κ2) is 8.33. The molecule has 0 fully saturated rings. The van der Waals surface area contributed by atoms with Gasteiger partial charge in [-0.15, -0.1) is 10.2 Å². The number of para-hydroxylation sites is 3. The number of nitrogens with zero attached hydrogens (tertiary/aromatic N) is 5. The maximum Gasteiger partial charge on any atom is 0.237 e. The number of carbonyl (C=O) groups is 1. The van der Waals surface area contributed by atoms with E-state index in [0.29, 0.717) is 5.75 Å². The number of amides is 1. The molecule has 1 amide bonds. The number of carbonyl (C=O) groups excluding carboxylic acids is 1. The minimum Gasteiger partial charge on any atom is -0.311 e. The van der Waals surface area contributed by atoms with Crippen LogP contribution in [0.2, 0.25) is 0 Å². The lowest BCUT2D eigenvalue weighted by molar-refractivity contribution is -0.116. The third-order valence-electron chi connectivity index (χ3n) is 6.62. The number of thioether (sulfide) groups is 1. The Morgan fingerprint density at radius 1 is 0.971 bits per heavy atom. The first-order valence-electron chi connectivity index (χ1n) is 11.5. The normalized spacial score (nSPS) is 13.2. The summed E-state index contributed by atoms with van der Waals surface area (Å²) >= 11 is 1.45. The van der Waals surface area contributed by atoms with Gasteiger partial charge in [0.05, 0.1) is 23.3 Å². The lowest BCUT2D eigenvalue weighted by Gasteiger charge is -2.16. The van der Waals surface area contributed by atoms with Crippen LogP contribution in [0.25, 0.3) is 16.8 Å². The number of rotatable bonds is 5. The maximum atomic E-state index is 13.1. The van der Waals surface area contributed by atoms with Crippen LogP contribution in [0.1, 0.15) is 22.3 Å². The number of aromatic nitrogens is 4. The van der Waals surface area contributed by atoms with Crippen molar-refractivity contribution in [2.24, 2.45) is 0 Å². The van der Waals surface area contributed by atoms with Crippen molar-refractivity contribution in [3.8, 4) is 0 Å². The van der Waals surface area contributed by atoms with Gasteiger partial charge >= 0.3 is 0 Å². The predicted molar refractivity (Wildman–Crippen MR) is 137 cm³/mol. The first-order chi connectivity index (χ1) is 16.6. The van der Waals surface area contributed by atoms with E-state index in [-0.39, 0.29) is 5.91 Å². The highest BCUT2D eigenvalue weighted by atomic mass is 32.2. The molecule has 0 saturated carbocycles. The molecule has 0 bridgehead atoms. The molecule has 0 unspecified atom stereocenters. The number of anilines is 1. The number of benzene rings is 3. The van der Waals surface area contributed by atoms with Crippen LogP contribution in [0.15, 0.2) is 71.9 Å². The van der Waals surface area contributed by atoms with Crippen molar-refractivity contribution < 1.29 is 4.79 Å². The second-order valence-corrected chi connectivity index (χ2v) is 9.78. The van der Waals surface area contributed by atoms with Gasteiger partial charge in [-0.3, -0.25) is 9.20 Å². The Morgan fingerprint density at radius 3 is 2.65 bits per heavy atom. The summed E-state index contributed by atoms with van der Waals surface area (Å²) in [7, 11) is 0. The van der Waals surface area contributed by atoms with E-state index in [1.54, 1.807) is 0 Å². The van der Waals surface area contributed by atoms with Crippen molar-refractivity contribution in [3.63, 3.8) is 0 Å². The van der Waals surface area contributed by atoms with Gasteiger partial charge in [0.2, 0.25) is 11.7 Å². The molecule has 1 aliphatic rings. The van der Waals surface area contributed by atoms with Gasteiger partial charge < -0.3 is 9.47 Å². The lowest BCUT2D eigenvalue weighted by Crippen LogP contribution is -2.30. The third-order valence-corrected chi connectivity index (χ3v) is 7.53. The summed E-state index contributed by atoms with van der Waals surface area (Å²) < 4.78 is 4.29. The van der Waals surface area contributed by atoms with Gasteiger partial charge in [0.15, 0.2) is 5.16 Å². The molecule has 0 aliphatic carbocycles. The van der Waals surface area contributed by atoms with E-state index in [0.717, 1.165) is 47.2 Å². The molecule has 170 valence electrons. The highest BCUT2D eigenvalue weighted by molar-refractivity contribution is 7.99. The second-order valence-electron chi connectivity index (χ2n) is 8.84. The fraction of sp³-hybridized carbons (Fsp3) is 0.222. The molecule has 0 spiro atoms. The monoisotopic (exact) mass is 467 g/mol. The molecular formula is C27H25N5OS. The number of aryl methyl sites for hydroxylation is 2. The smallest absolute Gasteiger partial charge is 0.237 e. The summed E-state index contributed by atoms with van der Waals surface area (Å²) in [6.45, 7) is 5.72. The molecule has 0 radical (unpaired) electrons. The summed E-state index contributed by atoms with van der Waals surface area (Å²) in [6, 6.07) is 23.0. The molecule has 0 saturated heterocycles. The highest BCUT2D eigenvalue weighted by Gasteiger charge is 2.25. The van der Waals surface area contributed by atoms with E-state index in [2.05, 4.69) is 75.5 Å². The number of fused-ring (bicyclic) bond motifs is 4. The van der Waals surface area contributed by atoms with E-state index < -0.39 is 0 Å². The van der Waals surface area contributed by atoms with Crippen LogP contribution in [-0.2, 0) is 17.8 Å². The molecule has 2 aromatic heterocycles. The molecule has 6 nitrogen and oxygen atoms in total. The summed E-state index contributed by atoms with van der Waals surface area (Å²) in [4.78, 5) is 15.0. The standard InChI is InChI=1S/C27H25N5OS/c1-18-11-12-19(2)21(15-18)16-31-23-9-5-6-10-24(23)32-26(31)28-29-27(32)34-17-25(33)30-14-13-20-7-3-4-8-22(20)30/h3-12,15H,13-14,16-17H2,1-2H3. The first kappa shape index (κ1) is 21.0. The van der Waals surface area contributed by atoms with E-state index in [1.807, 2.05) is 29.2 Å². The molecule has 6 rings (SSSR count). The Labute approximate surface area is 202 Å². The first-order valence-corrected chi connectivity index (χ1v) is 12.5. The Morgan fingerprint density at radius 2 is 1.76 bits per heavy atom. The van der Waals surface area contributed by atoms with Crippen molar-refractivity contribution >= 4 is 40.2 Å². The SMILES string of the molecule is Cc1ccc(C)c(Cn2c3ccccc3n3c(SCC(=O)N4CCc5ccccc54)nnc23)c1. The van der Waals surface area contributed by atoms with Gasteiger partial charge in [-0.05, 0) is 55.2 Å². The van der Waals surface area contributed by atoms with Crippen LogP contribution < -0.4 is 4.90 Å². The number of imidazole rings is 1. The quantitative estimate of drug-likeness (QED) is 0.340. The maximum absolute atomic E-state index is 13.1.